The first-order valence-corrected chi connectivity index (χ1v) is 7.56. The van der Waals surface area contributed by atoms with Crippen LogP contribution in [-0.2, 0) is 11.3 Å². The number of carbonyl (C=O) groups is 1. The fraction of sp³-hybridized carbons (Fsp3) is 0.375. The number of morpholine rings is 1. The molecule has 24 heavy (non-hydrogen) atoms. The van der Waals surface area contributed by atoms with Crippen LogP contribution in [0.3, 0.4) is 0 Å². The molecule has 0 radical (unpaired) electrons. The van der Waals surface area contributed by atoms with Gasteiger partial charge < -0.3 is 19.7 Å². The summed E-state index contributed by atoms with van der Waals surface area (Å²) in [5.74, 6) is -3.25. The molecule has 2 aromatic rings. The van der Waals surface area contributed by atoms with Gasteiger partial charge in [0.1, 0.15) is 17.5 Å². The third-order valence-corrected chi connectivity index (χ3v) is 4.11. The second-order valence-electron chi connectivity index (χ2n) is 5.51. The number of aryl methyl sites for hydroxylation is 1. The molecule has 0 saturated carbocycles. The first-order valence-electron chi connectivity index (χ1n) is 7.56. The monoisotopic (exact) mass is 338 g/mol. The zero-order valence-corrected chi connectivity index (χ0v) is 12.9. The average molecular weight is 338 g/mol. The highest BCUT2D eigenvalue weighted by molar-refractivity contribution is 5.93. The van der Waals surface area contributed by atoms with Crippen LogP contribution in [0.15, 0.2) is 17.1 Å². The molecule has 1 saturated heterocycles. The minimum Gasteiger partial charge on any atom is -0.477 e. The van der Waals surface area contributed by atoms with E-state index in [1.165, 1.54) is 4.57 Å². The van der Waals surface area contributed by atoms with Gasteiger partial charge in [0.05, 0.1) is 23.1 Å². The average Bonchev–Trinajstić information content (AvgIpc) is 2.56. The summed E-state index contributed by atoms with van der Waals surface area (Å²) in [6, 6.07) is 0.895. The highest BCUT2D eigenvalue weighted by Gasteiger charge is 2.27. The van der Waals surface area contributed by atoms with Gasteiger partial charge in [-0.2, -0.15) is 0 Å². The Bertz CT molecular complexity index is 873. The fourth-order valence-corrected chi connectivity index (χ4v) is 2.95. The molecule has 6 nitrogen and oxygen atoms in total. The van der Waals surface area contributed by atoms with Gasteiger partial charge in [-0.3, -0.25) is 4.79 Å². The molecule has 1 atom stereocenters. The van der Waals surface area contributed by atoms with Crippen LogP contribution in [-0.4, -0.2) is 35.3 Å². The maximum absolute atomic E-state index is 15.0. The minimum absolute atomic E-state index is 0.113. The van der Waals surface area contributed by atoms with Crippen LogP contribution < -0.4 is 10.7 Å². The largest absolute Gasteiger partial charge is 0.477 e. The maximum atomic E-state index is 15.0. The summed E-state index contributed by atoms with van der Waals surface area (Å²) in [6.07, 6.45) is 0.278. The number of halogens is 2. The second-order valence-corrected chi connectivity index (χ2v) is 5.51. The molecule has 1 fully saturated rings. The molecule has 1 unspecified atom stereocenters. The van der Waals surface area contributed by atoms with Crippen LogP contribution in [0.5, 0.6) is 0 Å². The van der Waals surface area contributed by atoms with Crippen molar-refractivity contribution in [3.05, 3.63) is 45.2 Å². The fourth-order valence-electron chi connectivity index (χ4n) is 2.95. The lowest BCUT2D eigenvalue weighted by Gasteiger charge is -2.25. The molecule has 3 rings (SSSR count). The second kappa shape index (κ2) is 6.29. The molecule has 1 aliphatic rings. The summed E-state index contributed by atoms with van der Waals surface area (Å²) in [7, 11) is 0. The number of benzene rings is 1. The summed E-state index contributed by atoms with van der Waals surface area (Å²) in [6.45, 7) is 3.07. The van der Waals surface area contributed by atoms with Crippen LogP contribution in [0.1, 0.15) is 28.9 Å². The van der Waals surface area contributed by atoms with Gasteiger partial charge >= 0.3 is 5.97 Å². The topological polar surface area (TPSA) is 80.6 Å². The number of fused-ring (bicyclic) bond motifs is 1. The van der Waals surface area contributed by atoms with Crippen molar-refractivity contribution in [2.45, 2.75) is 19.6 Å². The molecule has 8 heteroatoms. The van der Waals surface area contributed by atoms with E-state index in [0.29, 0.717) is 13.2 Å². The van der Waals surface area contributed by atoms with Gasteiger partial charge in [-0.15, -0.1) is 0 Å². The van der Waals surface area contributed by atoms with E-state index in [-0.39, 0.29) is 29.6 Å². The molecular formula is C16H16F2N2O4. The van der Waals surface area contributed by atoms with Crippen molar-refractivity contribution < 1.29 is 23.4 Å². The predicted octanol–water partition coefficient (Wildman–Crippen LogP) is 1.66. The highest BCUT2D eigenvalue weighted by Crippen LogP contribution is 2.30. The van der Waals surface area contributed by atoms with E-state index in [1.54, 1.807) is 6.92 Å². The van der Waals surface area contributed by atoms with Crippen molar-refractivity contribution in [1.29, 1.82) is 0 Å². The number of ether oxygens (including phenoxy) is 1. The zero-order valence-electron chi connectivity index (χ0n) is 12.9. The zero-order chi connectivity index (χ0) is 17.4. The highest BCUT2D eigenvalue weighted by atomic mass is 19.1. The molecule has 1 aliphatic heterocycles. The quantitative estimate of drug-likeness (QED) is 0.890. The van der Waals surface area contributed by atoms with Gasteiger partial charge in [0.15, 0.2) is 5.82 Å². The number of aromatic carboxylic acids is 1. The van der Waals surface area contributed by atoms with Crippen molar-refractivity contribution in [2.24, 2.45) is 0 Å². The van der Waals surface area contributed by atoms with Gasteiger partial charge in [-0.1, -0.05) is 0 Å². The lowest BCUT2D eigenvalue weighted by molar-refractivity contribution is 0.0233. The Labute approximate surface area is 135 Å². The summed E-state index contributed by atoms with van der Waals surface area (Å²) < 4.78 is 36.2. The Hall–Kier alpha value is -2.32. The molecule has 0 spiro atoms. The summed E-state index contributed by atoms with van der Waals surface area (Å²) in [5, 5.41) is 11.8. The Morgan fingerprint density at radius 3 is 2.83 bits per heavy atom. The lowest BCUT2D eigenvalue weighted by Crippen LogP contribution is -2.34. The summed E-state index contributed by atoms with van der Waals surface area (Å²) >= 11 is 0. The van der Waals surface area contributed by atoms with Gasteiger partial charge in [0.2, 0.25) is 5.43 Å². The Morgan fingerprint density at radius 2 is 2.25 bits per heavy atom. The Morgan fingerprint density at radius 1 is 1.50 bits per heavy atom. The molecule has 2 heterocycles. The Kier molecular flexibility index (Phi) is 4.33. The number of nitrogens with one attached hydrogen (secondary N) is 1. The molecule has 2 N–H and O–H groups in total. The Balaban J connectivity index is 2.34. The number of hydrogen-bond acceptors (Lipinski definition) is 4. The molecule has 0 amide bonds. The van der Waals surface area contributed by atoms with E-state index in [9.17, 15) is 14.0 Å². The SMILES string of the molecule is CCn1cc(C(=O)O)c(=O)c2cc(F)c(C3CNCCO3)c(F)c21. The summed E-state index contributed by atoms with van der Waals surface area (Å²) in [5.41, 5.74) is -1.79. The summed E-state index contributed by atoms with van der Waals surface area (Å²) in [4.78, 5) is 23.4. The van der Waals surface area contributed by atoms with E-state index >= 15 is 4.39 Å². The van der Waals surface area contributed by atoms with Crippen LogP contribution in [0.25, 0.3) is 10.9 Å². The first-order chi connectivity index (χ1) is 11.5. The van der Waals surface area contributed by atoms with Crippen molar-refractivity contribution in [1.82, 2.24) is 9.88 Å². The van der Waals surface area contributed by atoms with Gasteiger partial charge in [0, 0.05) is 25.8 Å². The van der Waals surface area contributed by atoms with Gasteiger partial charge in [0.25, 0.3) is 0 Å². The van der Waals surface area contributed by atoms with E-state index in [4.69, 9.17) is 9.84 Å². The number of nitrogens with zero attached hydrogens (tertiary/aromatic N) is 1. The first kappa shape index (κ1) is 16.5. The van der Waals surface area contributed by atoms with Crippen LogP contribution in [0, 0.1) is 11.6 Å². The maximum Gasteiger partial charge on any atom is 0.341 e. The molecular weight excluding hydrogens is 322 g/mol. The van der Waals surface area contributed by atoms with Crippen molar-refractivity contribution in [3.8, 4) is 0 Å². The molecule has 0 aliphatic carbocycles. The lowest BCUT2D eigenvalue weighted by atomic mass is 10.0. The van der Waals surface area contributed by atoms with Gasteiger partial charge in [-0.05, 0) is 13.0 Å². The standard InChI is InChI=1S/C16H16F2N2O4/c1-2-20-7-9(16(22)23)15(21)8-5-10(17)12(13(18)14(8)20)11-6-19-3-4-24-11/h5,7,11,19H,2-4,6H2,1H3,(H,22,23). The molecule has 1 aromatic heterocycles. The number of rotatable bonds is 3. The van der Waals surface area contributed by atoms with Gasteiger partial charge in [-0.25, -0.2) is 13.6 Å². The van der Waals surface area contributed by atoms with E-state index < -0.39 is 34.7 Å². The van der Waals surface area contributed by atoms with Crippen molar-refractivity contribution >= 4 is 16.9 Å². The van der Waals surface area contributed by atoms with E-state index in [0.717, 1.165) is 12.3 Å². The molecule has 0 bridgehead atoms. The van der Waals surface area contributed by atoms with Crippen molar-refractivity contribution in [2.75, 3.05) is 19.7 Å². The number of carboxylic acids is 1. The normalized spacial score (nSPS) is 18.0. The van der Waals surface area contributed by atoms with E-state index in [1.807, 2.05) is 0 Å². The third-order valence-electron chi connectivity index (χ3n) is 4.11. The number of carboxylic acid groups (broad SMARTS) is 1. The number of pyridine rings is 1. The number of aromatic nitrogens is 1. The van der Waals surface area contributed by atoms with E-state index in [2.05, 4.69) is 5.32 Å². The van der Waals surface area contributed by atoms with Crippen LogP contribution in [0.4, 0.5) is 8.78 Å². The number of hydrogen-bond donors (Lipinski definition) is 2. The third kappa shape index (κ3) is 2.57. The van der Waals surface area contributed by atoms with Crippen LogP contribution >= 0.6 is 0 Å². The van der Waals surface area contributed by atoms with Crippen molar-refractivity contribution in [3.63, 3.8) is 0 Å². The predicted molar refractivity (Wildman–Crippen MR) is 82.3 cm³/mol. The molecule has 128 valence electrons. The molecule has 1 aromatic carbocycles. The smallest absolute Gasteiger partial charge is 0.341 e. The van der Waals surface area contributed by atoms with Crippen LogP contribution in [0.2, 0.25) is 0 Å². The minimum atomic E-state index is -1.44.